The van der Waals surface area contributed by atoms with E-state index in [1.807, 2.05) is 0 Å². The fourth-order valence-corrected chi connectivity index (χ4v) is 3.22. The molecule has 0 amide bonds. The Labute approximate surface area is 132 Å². The van der Waals surface area contributed by atoms with Gasteiger partial charge in [0.1, 0.15) is 0 Å². The molecule has 0 saturated carbocycles. The molecule has 0 aliphatic heterocycles. The lowest BCUT2D eigenvalue weighted by atomic mass is 10.1. The number of anilines is 3. The zero-order valence-corrected chi connectivity index (χ0v) is 13.4. The molecule has 0 saturated heterocycles. The van der Waals surface area contributed by atoms with Gasteiger partial charge in [-0.2, -0.15) is 0 Å². The number of nitrogens with two attached hydrogens (primary N) is 2. The van der Waals surface area contributed by atoms with Crippen LogP contribution in [0.3, 0.4) is 0 Å². The van der Waals surface area contributed by atoms with Crippen molar-refractivity contribution in [2.75, 3.05) is 11.1 Å². The van der Waals surface area contributed by atoms with E-state index in [1.165, 1.54) is 6.07 Å². The topological polar surface area (TPSA) is 98.2 Å². The summed E-state index contributed by atoms with van der Waals surface area (Å²) in [6.07, 6.45) is 0. The molecule has 21 heavy (non-hydrogen) atoms. The molecule has 0 aliphatic carbocycles. The highest BCUT2D eigenvalue weighted by atomic mass is 35.5. The Kier molecular flexibility index (Phi) is 4.34. The molecular formula is C13H13Cl2N3O2S. The average Bonchev–Trinajstić information content (AvgIpc) is 2.36. The minimum atomic E-state index is -3.88. The second kappa shape index (κ2) is 5.73. The summed E-state index contributed by atoms with van der Waals surface area (Å²) in [4.78, 5) is -0.0480. The standard InChI is InChI=1S/C13H13Cl2N3O2S/c1-7-11(5-8(16)6-12(7)21(17,19)20)18-13-9(14)3-2-4-10(13)15/h2-6,18H,16H2,1H3,(H2,17,19,20). The number of sulfonamides is 1. The predicted octanol–water partition coefficient (Wildman–Crippen LogP) is 3.28. The normalized spacial score (nSPS) is 11.4. The van der Waals surface area contributed by atoms with E-state index in [4.69, 9.17) is 34.1 Å². The van der Waals surface area contributed by atoms with Crippen molar-refractivity contribution in [3.05, 3.63) is 45.9 Å². The molecule has 0 aromatic heterocycles. The minimum absolute atomic E-state index is 0.0480. The molecule has 2 rings (SSSR count). The van der Waals surface area contributed by atoms with Crippen LogP contribution in [0, 0.1) is 6.92 Å². The first-order chi connectivity index (χ1) is 9.70. The molecule has 0 radical (unpaired) electrons. The molecule has 2 aromatic carbocycles. The predicted molar refractivity (Wildman–Crippen MR) is 86.7 cm³/mol. The number of halogens is 2. The smallest absolute Gasteiger partial charge is 0.238 e. The first-order valence-electron chi connectivity index (χ1n) is 5.84. The van der Waals surface area contributed by atoms with Crippen LogP contribution in [0.2, 0.25) is 10.0 Å². The van der Waals surface area contributed by atoms with Gasteiger partial charge in [-0.3, -0.25) is 0 Å². The summed E-state index contributed by atoms with van der Waals surface area (Å²) in [5.41, 5.74) is 7.36. The van der Waals surface area contributed by atoms with Crippen LogP contribution < -0.4 is 16.2 Å². The Morgan fingerprint density at radius 2 is 1.71 bits per heavy atom. The van der Waals surface area contributed by atoms with Crippen molar-refractivity contribution in [2.24, 2.45) is 5.14 Å². The summed E-state index contributed by atoms with van der Waals surface area (Å²) in [5, 5.41) is 8.99. The summed E-state index contributed by atoms with van der Waals surface area (Å²) in [7, 11) is -3.88. The van der Waals surface area contributed by atoms with E-state index >= 15 is 0 Å². The molecule has 8 heteroatoms. The second-order valence-electron chi connectivity index (χ2n) is 4.46. The Morgan fingerprint density at radius 1 is 1.14 bits per heavy atom. The molecule has 0 fully saturated rings. The van der Waals surface area contributed by atoms with Crippen LogP contribution in [0.15, 0.2) is 35.2 Å². The Hall–Kier alpha value is -1.47. The maximum atomic E-state index is 11.6. The molecule has 0 spiro atoms. The number of para-hydroxylation sites is 1. The second-order valence-corrected chi connectivity index (χ2v) is 6.80. The third-order valence-electron chi connectivity index (χ3n) is 2.91. The van der Waals surface area contributed by atoms with Gasteiger partial charge in [-0.15, -0.1) is 0 Å². The van der Waals surface area contributed by atoms with Crippen molar-refractivity contribution >= 4 is 50.3 Å². The van der Waals surface area contributed by atoms with Gasteiger partial charge in [0.2, 0.25) is 10.0 Å². The summed E-state index contributed by atoms with van der Waals surface area (Å²) < 4.78 is 23.2. The zero-order valence-electron chi connectivity index (χ0n) is 11.0. The molecule has 5 N–H and O–H groups in total. The maximum absolute atomic E-state index is 11.6. The van der Waals surface area contributed by atoms with Crippen molar-refractivity contribution in [3.63, 3.8) is 0 Å². The van der Waals surface area contributed by atoms with Crippen molar-refractivity contribution in [2.45, 2.75) is 11.8 Å². The van der Waals surface area contributed by atoms with Crippen molar-refractivity contribution in [3.8, 4) is 0 Å². The van der Waals surface area contributed by atoms with Gasteiger partial charge in [0, 0.05) is 11.4 Å². The van der Waals surface area contributed by atoms with Crippen molar-refractivity contribution in [1.82, 2.24) is 0 Å². The monoisotopic (exact) mass is 345 g/mol. The lowest BCUT2D eigenvalue weighted by molar-refractivity contribution is 0.597. The summed E-state index contributed by atoms with van der Waals surface area (Å²) in [6, 6.07) is 7.93. The van der Waals surface area contributed by atoms with Gasteiger partial charge in [-0.25, -0.2) is 13.6 Å². The molecule has 0 atom stereocenters. The van der Waals surface area contributed by atoms with Crippen molar-refractivity contribution < 1.29 is 8.42 Å². The van der Waals surface area contributed by atoms with E-state index in [1.54, 1.807) is 31.2 Å². The highest BCUT2D eigenvalue weighted by molar-refractivity contribution is 7.89. The molecule has 112 valence electrons. The van der Waals surface area contributed by atoms with Gasteiger partial charge in [0.05, 0.1) is 20.6 Å². The highest BCUT2D eigenvalue weighted by Gasteiger charge is 2.17. The molecule has 0 bridgehead atoms. The van der Waals surface area contributed by atoms with Crippen LogP contribution in [-0.2, 0) is 10.0 Å². The fraction of sp³-hybridized carbons (Fsp3) is 0.0769. The van der Waals surface area contributed by atoms with Crippen LogP contribution in [-0.4, -0.2) is 8.42 Å². The van der Waals surface area contributed by atoms with Gasteiger partial charge < -0.3 is 11.1 Å². The van der Waals surface area contributed by atoms with Gasteiger partial charge in [0.25, 0.3) is 0 Å². The minimum Gasteiger partial charge on any atom is -0.399 e. The zero-order chi connectivity index (χ0) is 15.8. The van der Waals surface area contributed by atoms with Gasteiger partial charge in [0.15, 0.2) is 0 Å². The van der Waals surface area contributed by atoms with Crippen LogP contribution in [0.5, 0.6) is 0 Å². The van der Waals surface area contributed by atoms with E-state index in [-0.39, 0.29) is 10.6 Å². The third-order valence-corrected chi connectivity index (χ3v) is 4.58. The Bertz CT molecular complexity index is 787. The molecule has 5 nitrogen and oxygen atoms in total. The van der Waals surface area contributed by atoms with Gasteiger partial charge in [-0.1, -0.05) is 29.3 Å². The quantitative estimate of drug-likeness (QED) is 0.743. The SMILES string of the molecule is Cc1c(Nc2c(Cl)cccc2Cl)cc(N)cc1S(N)(=O)=O. The Balaban J connectivity index is 2.58. The Morgan fingerprint density at radius 3 is 2.24 bits per heavy atom. The number of rotatable bonds is 3. The van der Waals surface area contributed by atoms with E-state index < -0.39 is 10.0 Å². The molecule has 0 heterocycles. The number of nitrogen functional groups attached to an aromatic ring is 1. The molecule has 0 unspecified atom stereocenters. The largest absolute Gasteiger partial charge is 0.399 e. The highest BCUT2D eigenvalue weighted by Crippen LogP contribution is 2.35. The fourth-order valence-electron chi connectivity index (χ4n) is 1.89. The van der Waals surface area contributed by atoms with E-state index in [0.29, 0.717) is 27.0 Å². The first kappa shape index (κ1) is 15.9. The average molecular weight is 346 g/mol. The van der Waals surface area contributed by atoms with Crippen LogP contribution in [0.25, 0.3) is 0 Å². The van der Waals surface area contributed by atoms with Gasteiger partial charge >= 0.3 is 0 Å². The lowest BCUT2D eigenvalue weighted by Gasteiger charge is -2.15. The van der Waals surface area contributed by atoms with E-state index in [2.05, 4.69) is 5.32 Å². The number of nitrogens with one attached hydrogen (secondary N) is 1. The molecule has 0 aliphatic rings. The van der Waals surface area contributed by atoms with Crippen LogP contribution in [0.4, 0.5) is 17.1 Å². The van der Waals surface area contributed by atoms with Gasteiger partial charge in [-0.05, 0) is 36.8 Å². The van der Waals surface area contributed by atoms with Crippen molar-refractivity contribution in [1.29, 1.82) is 0 Å². The molecular weight excluding hydrogens is 333 g/mol. The third kappa shape index (κ3) is 3.41. The number of hydrogen-bond donors (Lipinski definition) is 3. The summed E-state index contributed by atoms with van der Waals surface area (Å²) >= 11 is 12.2. The number of primary sulfonamides is 1. The maximum Gasteiger partial charge on any atom is 0.238 e. The summed E-state index contributed by atoms with van der Waals surface area (Å²) in [5.74, 6) is 0. The summed E-state index contributed by atoms with van der Waals surface area (Å²) in [6.45, 7) is 1.62. The number of benzene rings is 2. The first-order valence-corrected chi connectivity index (χ1v) is 8.14. The van der Waals surface area contributed by atoms with Crippen LogP contribution >= 0.6 is 23.2 Å². The van der Waals surface area contributed by atoms with E-state index in [9.17, 15) is 8.42 Å². The molecule has 2 aromatic rings. The van der Waals surface area contributed by atoms with E-state index in [0.717, 1.165) is 0 Å². The number of hydrogen-bond acceptors (Lipinski definition) is 4. The lowest BCUT2D eigenvalue weighted by Crippen LogP contribution is -2.15. The van der Waals surface area contributed by atoms with Crippen LogP contribution in [0.1, 0.15) is 5.56 Å².